The van der Waals surface area contributed by atoms with Gasteiger partial charge in [0.05, 0.1) is 6.04 Å². The molecule has 170 valence electrons. The van der Waals surface area contributed by atoms with Gasteiger partial charge in [-0.3, -0.25) is 14.4 Å². The Morgan fingerprint density at radius 3 is 2.29 bits per heavy atom. The number of aliphatic carboxylic acids is 1. The predicted octanol–water partition coefficient (Wildman–Crippen LogP) is -0.539. The number of carbonyl (C=O) groups excluding carboxylic acids is 3. The molecule has 0 bridgehead atoms. The van der Waals surface area contributed by atoms with Crippen LogP contribution in [0, 0.1) is 0 Å². The van der Waals surface area contributed by atoms with E-state index >= 15 is 0 Å². The number of rotatable bonds is 10. The van der Waals surface area contributed by atoms with E-state index in [1.54, 1.807) is 0 Å². The van der Waals surface area contributed by atoms with E-state index in [-0.39, 0.29) is 17.9 Å². The molecule has 11 heteroatoms. The number of carboxylic acids is 1. The van der Waals surface area contributed by atoms with Gasteiger partial charge in [0.2, 0.25) is 17.7 Å². The fraction of sp³-hybridized carbons (Fsp3) is 0.500. The highest BCUT2D eigenvalue weighted by Crippen LogP contribution is 2.19. The molecule has 1 fully saturated rings. The fourth-order valence-electron chi connectivity index (χ4n) is 3.37. The van der Waals surface area contributed by atoms with Crippen molar-refractivity contribution < 1.29 is 24.3 Å². The minimum absolute atomic E-state index is 0.0183. The van der Waals surface area contributed by atoms with Gasteiger partial charge in [-0.05, 0) is 18.4 Å². The molecule has 0 aromatic heterocycles. The lowest BCUT2D eigenvalue weighted by Crippen LogP contribution is -2.58. The van der Waals surface area contributed by atoms with E-state index in [0.717, 1.165) is 5.56 Å². The Balaban J connectivity index is 2.14. The number of nitrogens with one attached hydrogen (secondary N) is 2. The van der Waals surface area contributed by atoms with Crippen molar-refractivity contribution in [3.05, 3.63) is 35.9 Å². The lowest BCUT2D eigenvalue weighted by Gasteiger charge is -2.28. The molecule has 0 spiro atoms. The van der Waals surface area contributed by atoms with Gasteiger partial charge in [0.15, 0.2) is 0 Å². The number of hydrogen-bond donors (Lipinski definition) is 6. The van der Waals surface area contributed by atoms with Crippen molar-refractivity contribution in [3.63, 3.8) is 0 Å². The van der Waals surface area contributed by atoms with Crippen LogP contribution in [0.25, 0.3) is 0 Å². The molecule has 1 aromatic carbocycles. The van der Waals surface area contributed by atoms with Crippen molar-refractivity contribution in [1.82, 2.24) is 15.5 Å². The Labute approximate surface area is 191 Å². The lowest BCUT2D eigenvalue weighted by atomic mass is 10.0. The largest absolute Gasteiger partial charge is 0.480 e. The van der Waals surface area contributed by atoms with Crippen LogP contribution in [0.5, 0.6) is 0 Å². The zero-order chi connectivity index (χ0) is 23.0. The van der Waals surface area contributed by atoms with Gasteiger partial charge in [0, 0.05) is 24.5 Å². The quantitative estimate of drug-likeness (QED) is 0.255. The Kier molecular flexibility index (Phi) is 9.66. The summed E-state index contributed by atoms with van der Waals surface area (Å²) >= 11 is 8.17. The van der Waals surface area contributed by atoms with Crippen LogP contribution in [0.4, 0.5) is 0 Å². The van der Waals surface area contributed by atoms with E-state index < -0.39 is 47.9 Å². The minimum Gasteiger partial charge on any atom is -0.480 e. The van der Waals surface area contributed by atoms with Gasteiger partial charge >= 0.3 is 5.97 Å². The third-order valence-corrected chi connectivity index (χ3v) is 5.83. The first-order valence-corrected chi connectivity index (χ1v) is 11.2. The van der Waals surface area contributed by atoms with Crippen LogP contribution in [0.2, 0.25) is 0 Å². The van der Waals surface area contributed by atoms with Crippen molar-refractivity contribution in [3.8, 4) is 0 Å². The molecule has 1 saturated heterocycles. The molecule has 2 rings (SSSR count). The van der Waals surface area contributed by atoms with Gasteiger partial charge in [-0.2, -0.15) is 25.3 Å². The SMILES string of the molecule is NC(CS)C(=O)NC(Cc1ccccc1)C(=O)NC(CS)C(=O)N1CCCC1C(=O)O. The van der Waals surface area contributed by atoms with E-state index in [2.05, 4.69) is 35.9 Å². The van der Waals surface area contributed by atoms with Gasteiger partial charge in [-0.1, -0.05) is 30.3 Å². The summed E-state index contributed by atoms with van der Waals surface area (Å²) in [5.41, 5.74) is 6.52. The third-order valence-electron chi connectivity index (χ3n) is 5.07. The molecule has 1 aromatic rings. The van der Waals surface area contributed by atoms with Crippen LogP contribution in [0.15, 0.2) is 30.3 Å². The highest BCUT2D eigenvalue weighted by molar-refractivity contribution is 7.80. The molecule has 1 heterocycles. The van der Waals surface area contributed by atoms with E-state index in [9.17, 15) is 24.3 Å². The summed E-state index contributed by atoms with van der Waals surface area (Å²) in [5.74, 6) is -2.62. The van der Waals surface area contributed by atoms with Crippen molar-refractivity contribution in [1.29, 1.82) is 0 Å². The number of nitrogens with zero attached hydrogens (tertiary/aromatic N) is 1. The third kappa shape index (κ3) is 6.88. The number of carboxylic acid groups (broad SMARTS) is 1. The summed E-state index contributed by atoms with van der Waals surface area (Å²) in [6, 6.07) is 5.27. The Bertz CT molecular complexity index is 795. The maximum Gasteiger partial charge on any atom is 0.326 e. The molecule has 5 N–H and O–H groups in total. The van der Waals surface area contributed by atoms with Gasteiger partial charge in [0.25, 0.3) is 0 Å². The van der Waals surface area contributed by atoms with E-state index in [4.69, 9.17) is 5.73 Å². The molecule has 31 heavy (non-hydrogen) atoms. The lowest BCUT2D eigenvalue weighted by molar-refractivity contribution is -0.149. The topological polar surface area (TPSA) is 142 Å². The van der Waals surface area contributed by atoms with Crippen LogP contribution in [0.1, 0.15) is 18.4 Å². The number of carbonyl (C=O) groups is 4. The Morgan fingerprint density at radius 1 is 1.06 bits per heavy atom. The second-order valence-corrected chi connectivity index (χ2v) is 8.04. The smallest absolute Gasteiger partial charge is 0.326 e. The number of amides is 3. The predicted molar refractivity (Wildman–Crippen MR) is 122 cm³/mol. The molecule has 0 radical (unpaired) electrons. The van der Waals surface area contributed by atoms with E-state index in [1.807, 2.05) is 30.3 Å². The zero-order valence-electron chi connectivity index (χ0n) is 16.9. The molecule has 9 nitrogen and oxygen atoms in total. The van der Waals surface area contributed by atoms with Crippen molar-refractivity contribution in [2.45, 2.75) is 43.4 Å². The number of likely N-dealkylation sites (tertiary alicyclic amines) is 1. The van der Waals surface area contributed by atoms with Gasteiger partial charge < -0.3 is 26.4 Å². The molecule has 1 aliphatic heterocycles. The molecule has 1 aliphatic rings. The van der Waals surface area contributed by atoms with E-state index in [0.29, 0.717) is 19.4 Å². The highest BCUT2D eigenvalue weighted by Gasteiger charge is 2.38. The maximum absolute atomic E-state index is 13.0. The maximum atomic E-state index is 13.0. The number of hydrogen-bond acceptors (Lipinski definition) is 7. The van der Waals surface area contributed by atoms with Crippen LogP contribution in [-0.2, 0) is 25.6 Å². The second-order valence-electron chi connectivity index (χ2n) is 7.31. The summed E-state index contributed by atoms with van der Waals surface area (Å²) in [7, 11) is 0. The standard InChI is InChI=1S/C20H28N4O5S2/c21-13(10-30)17(25)22-14(9-12-5-2-1-3-6-12)18(26)23-15(11-31)19(27)24-8-4-7-16(24)20(28)29/h1-3,5-6,13-16,30-31H,4,7-11,21H2,(H,22,25)(H,23,26)(H,28,29). The molecule has 3 amide bonds. The molecular formula is C20H28N4O5S2. The first-order valence-electron chi connectivity index (χ1n) is 9.93. The number of nitrogens with two attached hydrogens (primary N) is 1. The molecule has 4 atom stereocenters. The normalized spacial score (nSPS) is 18.7. The summed E-state index contributed by atoms with van der Waals surface area (Å²) in [6.07, 6.45) is 1.12. The number of thiol groups is 2. The van der Waals surface area contributed by atoms with Gasteiger partial charge in [0.1, 0.15) is 18.1 Å². The molecule has 4 unspecified atom stereocenters. The minimum atomic E-state index is -1.08. The summed E-state index contributed by atoms with van der Waals surface area (Å²) < 4.78 is 0. The Hall–Kier alpha value is -2.24. The average Bonchev–Trinajstić information content (AvgIpc) is 3.26. The van der Waals surface area contributed by atoms with Gasteiger partial charge in [-0.25, -0.2) is 4.79 Å². The van der Waals surface area contributed by atoms with Crippen LogP contribution < -0.4 is 16.4 Å². The average molecular weight is 469 g/mol. The molecular weight excluding hydrogens is 440 g/mol. The first-order chi connectivity index (χ1) is 14.8. The summed E-state index contributed by atoms with van der Waals surface area (Å²) in [4.78, 5) is 50.8. The number of benzene rings is 1. The second kappa shape index (κ2) is 12.0. The summed E-state index contributed by atoms with van der Waals surface area (Å²) in [6.45, 7) is 0.303. The van der Waals surface area contributed by atoms with Crippen molar-refractivity contribution >= 4 is 48.9 Å². The fourth-order valence-corrected chi connectivity index (χ4v) is 3.78. The Morgan fingerprint density at radius 2 is 1.71 bits per heavy atom. The van der Waals surface area contributed by atoms with Gasteiger partial charge in [-0.15, -0.1) is 0 Å². The van der Waals surface area contributed by atoms with Crippen LogP contribution >= 0.6 is 25.3 Å². The zero-order valence-corrected chi connectivity index (χ0v) is 18.7. The van der Waals surface area contributed by atoms with E-state index in [1.165, 1.54) is 4.90 Å². The van der Waals surface area contributed by atoms with Crippen LogP contribution in [-0.4, -0.2) is 75.9 Å². The first kappa shape index (κ1) is 25.0. The summed E-state index contributed by atoms with van der Waals surface area (Å²) in [5, 5.41) is 14.6. The molecule has 0 saturated carbocycles. The monoisotopic (exact) mass is 468 g/mol. The highest BCUT2D eigenvalue weighted by atomic mass is 32.1. The van der Waals surface area contributed by atoms with Crippen LogP contribution in [0.3, 0.4) is 0 Å². The van der Waals surface area contributed by atoms with Crippen molar-refractivity contribution in [2.75, 3.05) is 18.1 Å². The van der Waals surface area contributed by atoms with Crippen molar-refractivity contribution in [2.24, 2.45) is 5.73 Å². The molecule has 0 aliphatic carbocycles.